The molecule has 0 spiro atoms. The third-order valence-corrected chi connectivity index (χ3v) is 5.18. The fourth-order valence-corrected chi connectivity index (χ4v) is 3.65. The lowest BCUT2D eigenvalue weighted by atomic mass is 10.1. The summed E-state index contributed by atoms with van der Waals surface area (Å²) in [5.74, 6) is 0.144. The second-order valence-electron chi connectivity index (χ2n) is 6.75. The van der Waals surface area contributed by atoms with E-state index in [0.717, 1.165) is 48.4 Å². The lowest BCUT2D eigenvalue weighted by Crippen LogP contribution is -2.37. The van der Waals surface area contributed by atoms with Crippen molar-refractivity contribution in [3.05, 3.63) is 60.1 Å². The number of nitrogens with zero attached hydrogens (tertiary/aromatic N) is 4. The first-order chi connectivity index (χ1) is 13.2. The number of benzene rings is 1. The summed E-state index contributed by atoms with van der Waals surface area (Å²) in [6.07, 6.45) is 8.64. The number of carbonyl (C=O) groups is 1. The van der Waals surface area contributed by atoms with Crippen LogP contribution in [0.15, 0.2) is 55.1 Å². The smallest absolute Gasteiger partial charge is 0.242 e. The quantitative estimate of drug-likeness (QED) is 0.678. The van der Waals surface area contributed by atoms with Crippen molar-refractivity contribution >= 4 is 17.5 Å². The minimum Gasteiger partial charge on any atom is -0.341 e. The van der Waals surface area contributed by atoms with Crippen LogP contribution in [0.3, 0.4) is 0 Å². The normalized spacial score (nSPS) is 14.3. The first-order valence-corrected chi connectivity index (χ1v) is 9.59. The molecule has 0 bridgehead atoms. The van der Waals surface area contributed by atoms with E-state index in [1.807, 2.05) is 45.9 Å². The monoisotopic (exact) mass is 380 g/mol. The van der Waals surface area contributed by atoms with Gasteiger partial charge in [-0.25, -0.2) is 4.98 Å². The van der Waals surface area contributed by atoms with Gasteiger partial charge < -0.3 is 9.47 Å². The summed E-state index contributed by atoms with van der Waals surface area (Å²) in [4.78, 5) is 23.5. The van der Waals surface area contributed by atoms with E-state index in [2.05, 4.69) is 9.97 Å². The molecule has 27 heavy (non-hydrogen) atoms. The Labute approximate surface area is 163 Å². The third-order valence-electron chi connectivity index (χ3n) is 4.92. The summed E-state index contributed by atoms with van der Waals surface area (Å²) in [7, 11) is 0. The van der Waals surface area contributed by atoms with E-state index in [9.17, 15) is 4.79 Å². The lowest BCUT2D eigenvalue weighted by molar-refractivity contribution is -0.132. The number of likely N-dealkylation sites (tertiary alicyclic amines) is 1. The molecule has 1 fully saturated rings. The van der Waals surface area contributed by atoms with Crippen LogP contribution in [0.1, 0.15) is 19.3 Å². The van der Waals surface area contributed by atoms with Gasteiger partial charge in [0.1, 0.15) is 6.54 Å². The molecule has 1 saturated heterocycles. The van der Waals surface area contributed by atoms with Crippen molar-refractivity contribution in [1.82, 2.24) is 19.4 Å². The lowest BCUT2D eigenvalue weighted by Gasteiger charge is -2.27. The molecule has 0 unspecified atom stereocenters. The molecule has 3 heterocycles. The van der Waals surface area contributed by atoms with Crippen LogP contribution >= 0.6 is 11.6 Å². The molecule has 0 radical (unpaired) electrons. The van der Waals surface area contributed by atoms with Gasteiger partial charge >= 0.3 is 0 Å². The highest BCUT2D eigenvalue weighted by atomic mass is 35.5. The number of imidazole rings is 1. The van der Waals surface area contributed by atoms with Gasteiger partial charge in [-0.15, -0.1) is 0 Å². The van der Waals surface area contributed by atoms with Crippen molar-refractivity contribution in [2.45, 2.75) is 25.8 Å². The van der Waals surface area contributed by atoms with Crippen molar-refractivity contribution in [3.8, 4) is 22.5 Å². The maximum Gasteiger partial charge on any atom is 0.242 e. The van der Waals surface area contributed by atoms with E-state index in [-0.39, 0.29) is 12.5 Å². The summed E-state index contributed by atoms with van der Waals surface area (Å²) in [6, 6.07) is 11.5. The van der Waals surface area contributed by atoms with E-state index in [4.69, 9.17) is 11.6 Å². The number of pyridine rings is 1. The Hall–Kier alpha value is -2.66. The Balaban J connectivity index is 1.71. The molecule has 5 nitrogen and oxygen atoms in total. The predicted molar refractivity (Wildman–Crippen MR) is 106 cm³/mol. The van der Waals surface area contributed by atoms with E-state index in [1.165, 1.54) is 6.42 Å². The number of hydrogen-bond donors (Lipinski definition) is 0. The molecule has 1 aromatic carbocycles. The van der Waals surface area contributed by atoms with Crippen LogP contribution in [0, 0.1) is 0 Å². The van der Waals surface area contributed by atoms with Crippen molar-refractivity contribution in [3.63, 3.8) is 0 Å². The SMILES string of the molecule is O=C(Cn1cnc(-c2ccc(Cl)cc2)c1-c1ccncc1)N1CCCCC1. The first-order valence-electron chi connectivity index (χ1n) is 9.21. The molecule has 0 N–H and O–H groups in total. The molecule has 6 heteroatoms. The third kappa shape index (κ3) is 3.88. The van der Waals surface area contributed by atoms with E-state index >= 15 is 0 Å². The molecule has 3 aromatic rings. The predicted octanol–water partition coefficient (Wildman–Crippen LogP) is 4.28. The molecule has 2 aromatic heterocycles. The summed E-state index contributed by atoms with van der Waals surface area (Å²) >= 11 is 6.03. The van der Waals surface area contributed by atoms with Gasteiger partial charge in [0.05, 0.1) is 17.7 Å². The number of hydrogen-bond acceptors (Lipinski definition) is 3. The number of piperidine rings is 1. The Morgan fingerprint density at radius 3 is 2.37 bits per heavy atom. The molecule has 1 amide bonds. The molecule has 4 rings (SSSR count). The second-order valence-corrected chi connectivity index (χ2v) is 7.19. The van der Waals surface area contributed by atoms with E-state index in [1.54, 1.807) is 18.7 Å². The maximum atomic E-state index is 12.8. The average Bonchev–Trinajstić information content (AvgIpc) is 3.13. The summed E-state index contributed by atoms with van der Waals surface area (Å²) in [5.41, 5.74) is 3.71. The van der Waals surface area contributed by atoms with Crippen molar-refractivity contribution < 1.29 is 4.79 Å². The molecule has 138 valence electrons. The van der Waals surface area contributed by atoms with Gasteiger partial charge in [-0.05, 0) is 43.5 Å². The van der Waals surface area contributed by atoms with E-state index < -0.39 is 0 Å². The van der Waals surface area contributed by atoms with Crippen LogP contribution in [0.2, 0.25) is 5.02 Å². The topological polar surface area (TPSA) is 51.0 Å². The highest BCUT2D eigenvalue weighted by molar-refractivity contribution is 6.30. The average molecular weight is 381 g/mol. The summed E-state index contributed by atoms with van der Waals surface area (Å²) in [6.45, 7) is 1.99. The summed E-state index contributed by atoms with van der Waals surface area (Å²) in [5, 5.41) is 0.684. The van der Waals surface area contributed by atoms with Crippen LogP contribution in [0.4, 0.5) is 0 Å². The van der Waals surface area contributed by atoms with Gasteiger partial charge in [0.15, 0.2) is 0 Å². The largest absolute Gasteiger partial charge is 0.341 e. The molecule has 0 atom stereocenters. The fourth-order valence-electron chi connectivity index (χ4n) is 3.52. The number of amides is 1. The highest BCUT2D eigenvalue weighted by Gasteiger charge is 2.21. The van der Waals surface area contributed by atoms with Crippen molar-refractivity contribution in [2.24, 2.45) is 0 Å². The molecular formula is C21H21ClN4O. The Morgan fingerprint density at radius 2 is 1.67 bits per heavy atom. The number of aromatic nitrogens is 3. The van der Waals surface area contributed by atoms with Crippen LogP contribution in [0.25, 0.3) is 22.5 Å². The minimum absolute atomic E-state index is 0.144. The second kappa shape index (κ2) is 7.92. The molecule has 0 aliphatic carbocycles. The maximum absolute atomic E-state index is 12.8. The number of rotatable bonds is 4. The zero-order valence-corrected chi connectivity index (χ0v) is 15.8. The Bertz CT molecular complexity index is 915. The van der Waals surface area contributed by atoms with Gasteiger partial charge in [0, 0.05) is 41.6 Å². The van der Waals surface area contributed by atoms with Gasteiger partial charge in [-0.2, -0.15) is 0 Å². The van der Waals surface area contributed by atoms with Gasteiger partial charge in [-0.1, -0.05) is 23.7 Å². The zero-order chi connectivity index (χ0) is 18.6. The number of halogens is 1. The van der Waals surface area contributed by atoms with Gasteiger partial charge in [-0.3, -0.25) is 9.78 Å². The van der Waals surface area contributed by atoms with Crippen molar-refractivity contribution in [1.29, 1.82) is 0 Å². The summed E-state index contributed by atoms with van der Waals surface area (Å²) < 4.78 is 1.94. The first kappa shape index (κ1) is 17.7. The molecule has 1 aliphatic rings. The molecule has 1 aliphatic heterocycles. The van der Waals surface area contributed by atoms with Gasteiger partial charge in [0.2, 0.25) is 5.91 Å². The Morgan fingerprint density at radius 1 is 0.963 bits per heavy atom. The van der Waals surface area contributed by atoms with Crippen LogP contribution in [-0.4, -0.2) is 38.4 Å². The van der Waals surface area contributed by atoms with E-state index in [0.29, 0.717) is 5.02 Å². The zero-order valence-electron chi connectivity index (χ0n) is 15.0. The number of carbonyl (C=O) groups excluding carboxylic acids is 1. The fraction of sp³-hybridized carbons (Fsp3) is 0.286. The van der Waals surface area contributed by atoms with Crippen LogP contribution in [0.5, 0.6) is 0 Å². The highest BCUT2D eigenvalue weighted by Crippen LogP contribution is 2.31. The minimum atomic E-state index is 0.144. The van der Waals surface area contributed by atoms with Crippen molar-refractivity contribution in [2.75, 3.05) is 13.1 Å². The van der Waals surface area contributed by atoms with Crippen LogP contribution in [-0.2, 0) is 11.3 Å². The van der Waals surface area contributed by atoms with Gasteiger partial charge in [0.25, 0.3) is 0 Å². The van der Waals surface area contributed by atoms with Crippen LogP contribution < -0.4 is 0 Å². The Kier molecular flexibility index (Phi) is 5.21. The standard InChI is InChI=1S/C21H21ClN4O/c22-18-6-4-16(5-7-18)20-21(17-8-10-23-11-9-17)26(15-24-20)14-19(27)25-12-2-1-3-13-25/h4-11,15H,1-3,12-14H2. The molecule has 0 saturated carbocycles. The molecular weight excluding hydrogens is 360 g/mol.